The summed E-state index contributed by atoms with van der Waals surface area (Å²) in [4.78, 5) is 12.2. The maximum absolute atomic E-state index is 10.8. The highest BCUT2D eigenvalue weighted by Crippen LogP contribution is 2.26. The van der Waals surface area contributed by atoms with E-state index in [-0.39, 0.29) is 5.69 Å². The quantitative estimate of drug-likeness (QED) is 0.765. The van der Waals surface area contributed by atoms with E-state index in [1.807, 2.05) is 12.1 Å². The summed E-state index contributed by atoms with van der Waals surface area (Å²) >= 11 is 0. The Hall–Kier alpha value is -2.96. The average Bonchev–Trinajstić information content (AvgIpc) is 3.10. The Morgan fingerprint density at radius 1 is 1.21 bits per heavy atom. The first-order valence-electron chi connectivity index (χ1n) is 5.42. The van der Waals surface area contributed by atoms with E-state index in [2.05, 4.69) is 15.4 Å². The van der Waals surface area contributed by atoms with Gasteiger partial charge >= 0.3 is 5.97 Å². The molecule has 0 spiro atoms. The van der Waals surface area contributed by atoms with E-state index in [4.69, 9.17) is 9.63 Å². The van der Waals surface area contributed by atoms with Crippen molar-refractivity contribution in [2.45, 2.75) is 0 Å². The third-order valence-corrected chi connectivity index (χ3v) is 2.53. The van der Waals surface area contributed by atoms with Crippen LogP contribution in [0.2, 0.25) is 0 Å². The minimum Gasteiger partial charge on any atom is -0.476 e. The Balaban J connectivity index is 2.12. The molecule has 0 aliphatic rings. The summed E-state index contributed by atoms with van der Waals surface area (Å²) in [7, 11) is 0. The van der Waals surface area contributed by atoms with Crippen LogP contribution in [0.1, 0.15) is 10.5 Å². The lowest BCUT2D eigenvalue weighted by Crippen LogP contribution is -2.00. The summed E-state index contributed by atoms with van der Waals surface area (Å²) in [5, 5.41) is 20.4. The second-order valence-corrected chi connectivity index (χ2v) is 3.72. The molecule has 7 nitrogen and oxygen atoms in total. The molecule has 3 rings (SSSR count). The largest absolute Gasteiger partial charge is 0.476 e. The van der Waals surface area contributed by atoms with Crippen molar-refractivity contribution in [1.29, 1.82) is 0 Å². The Bertz CT molecular complexity index is 718. The number of para-hydroxylation sites is 1. The molecule has 0 bridgehead atoms. The SMILES string of the molecule is O=C(O)c1cc(-c2ccccc2-n2nccn2)on1. The number of carbonyl (C=O) groups is 1. The first-order chi connectivity index (χ1) is 9.25. The van der Waals surface area contributed by atoms with Gasteiger partial charge in [-0.3, -0.25) is 0 Å². The summed E-state index contributed by atoms with van der Waals surface area (Å²) in [6.07, 6.45) is 3.11. The van der Waals surface area contributed by atoms with Crippen LogP contribution in [0.4, 0.5) is 0 Å². The summed E-state index contributed by atoms with van der Waals surface area (Å²) in [5.74, 6) is -0.782. The fourth-order valence-electron chi connectivity index (χ4n) is 1.70. The van der Waals surface area contributed by atoms with Crippen molar-refractivity contribution in [3.05, 3.63) is 48.4 Å². The number of hydrogen-bond acceptors (Lipinski definition) is 5. The van der Waals surface area contributed by atoms with Crippen LogP contribution >= 0.6 is 0 Å². The van der Waals surface area contributed by atoms with Crippen LogP contribution in [0, 0.1) is 0 Å². The van der Waals surface area contributed by atoms with Crippen molar-refractivity contribution in [1.82, 2.24) is 20.2 Å². The number of nitrogens with zero attached hydrogens (tertiary/aromatic N) is 4. The Morgan fingerprint density at radius 3 is 2.63 bits per heavy atom. The van der Waals surface area contributed by atoms with Gasteiger partial charge in [-0.25, -0.2) is 4.79 Å². The van der Waals surface area contributed by atoms with Gasteiger partial charge < -0.3 is 9.63 Å². The van der Waals surface area contributed by atoms with Crippen LogP contribution in [0.5, 0.6) is 0 Å². The second kappa shape index (κ2) is 4.37. The fraction of sp³-hybridized carbons (Fsp3) is 0. The van der Waals surface area contributed by atoms with Crippen molar-refractivity contribution in [2.24, 2.45) is 0 Å². The third kappa shape index (κ3) is 1.97. The molecule has 1 aromatic carbocycles. The lowest BCUT2D eigenvalue weighted by Gasteiger charge is -2.04. The molecule has 19 heavy (non-hydrogen) atoms. The third-order valence-electron chi connectivity index (χ3n) is 2.53. The average molecular weight is 256 g/mol. The molecule has 0 aliphatic carbocycles. The molecule has 0 atom stereocenters. The zero-order valence-electron chi connectivity index (χ0n) is 9.59. The molecule has 1 N–H and O–H groups in total. The maximum atomic E-state index is 10.8. The van der Waals surface area contributed by atoms with Crippen molar-refractivity contribution >= 4 is 5.97 Å². The molecule has 2 aromatic heterocycles. The highest BCUT2D eigenvalue weighted by Gasteiger charge is 2.15. The van der Waals surface area contributed by atoms with Gasteiger partial charge in [-0.15, -0.1) is 0 Å². The molecular weight excluding hydrogens is 248 g/mol. The van der Waals surface area contributed by atoms with Crippen LogP contribution < -0.4 is 0 Å². The number of hydrogen-bond donors (Lipinski definition) is 1. The second-order valence-electron chi connectivity index (χ2n) is 3.72. The minimum absolute atomic E-state index is 0.141. The Kier molecular flexibility index (Phi) is 2.57. The molecular formula is C12H8N4O3. The number of benzene rings is 1. The highest BCUT2D eigenvalue weighted by molar-refractivity contribution is 5.86. The maximum Gasteiger partial charge on any atom is 0.358 e. The van der Waals surface area contributed by atoms with Crippen molar-refractivity contribution in [3.8, 4) is 17.0 Å². The van der Waals surface area contributed by atoms with Gasteiger partial charge in [0.1, 0.15) is 0 Å². The van der Waals surface area contributed by atoms with Gasteiger partial charge in [-0.1, -0.05) is 17.3 Å². The van der Waals surface area contributed by atoms with E-state index in [9.17, 15) is 4.79 Å². The molecule has 3 aromatic rings. The number of carboxylic acids is 1. The monoisotopic (exact) mass is 256 g/mol. The zero-order valence-corrected chi connectivity index (χ0v) is 9.59. The molecule has 0 radical (unpaired) electrons. The molecule has 7 heteroatoms. The normalized spacial score (nSPS) is 10.5. The Labute approximate surface area is 107 Å². The molecule has 2 heterocycles. The summed E-state index contributed by atoms with van der Waals surface area (Å²) < 4.78 is 5.05. The molecule has 94 valence electrons. The number of rotatable bonds is 3. The number of carboxylic acid groups (broad SMARTS) is 1. The van der Waals surface area contributed by atoms with Gasteiger partial charge in [0.05, 0.1) is 18.1 Å². The lowest BCUT2D eigenvalue weighted by atomic mass is 10.1. The van der Waals surface area contributed by atoms with Crippen LogP contribution in [-0.2, 0) is 0 Å². The Morgan fingerprint density at radius 2 is 1.95 bits per heavy atom. The summed E-state index contributed by atoms with van der Waals surface area (Å²) in [6, 6.07) is 8.59. The van der Waals surface area contributed by atoms with Gasteiger partial charge in [0, 0.05) is 11.6 Å². The predicted octanol–water partition coefficient (Wildman–Crippen LogP) is 1.62. The topological polar surface area (TPSA) is 94.0 Å². The highest BCUT2D eigenvalue weighted by atomic mass is 16.5. The molecule has 0 saturated heterocycles. The van der Waals surface area contributed by atoms with Gasteiger partial charge in [-0.2, -0.15) is 15.0 Å². The van der Waals surface area contributed by atoms with Crippen molar-refractivity contribution in [2.75, 3.05) is 0 Å². The van der Waals surface area contributed by atoms with E-state index in [1.54, 1.807) is 24.5 Å². The van der Waals surface area contributed by atoms with Crippen LogP contribution in [0.15, 0.2) is 47.2 Å². The lowest BCUT2D eigenvalue weighted by molar-refractivity contribution is 0.0686. The minimum atomic E-state index is -1.13. The van der Waals surface area contributed by atoms with Crippen LogP contribution in [-0.4, -0.2) is 31.2 Å². The molecule has 0 fully saturated rings. The van der Waals surface area contributed by atoms with Gasteiger partial charge in [-0.05, 0) is 12.1 Å². The van der Waals surface area contributed by atoms with E-state index in [0.29, 0.717) is 17.0 Å². The standard InChI is InChI=1S/C12H8N4O3/c17-12(18)9-7-11(19-15-9)8-3-1-2-4-10(8)16-13-5-6-14-16/h1-7H,(H,17,18). The first-order valence-corrected chi connectivity index (χ1v) is 5.42. The number of aromatic carboxylic acids is 1. The van der Waals surface area contributed by atoms with Crippen molar-refractivity contribution < 1.29 is 14.4 Å². The summed E-state index contributed by atoms with van der Waals surface area (Å²) in [5.41, 5.74) is 1.21. The smallest absolute Gasteiger partial charge is 0.358 e. The van der Waals surface area contributed by atoms with Crippen molar-refractivity contribution in [3.63, 3.8) is 0 Å². The van der Waals surface area contributed by atoms with E-state index in [1.165, 1.54) is 10.9 Å². The first kappa shape index (κ1) is 11.1. The molecule has 0 amide bonds. The molecule has 0 aliphatic heterocycles. The number of aromatic nitrogens is 4. The van der Waals surface area contributed by atoms with E-state index in [0.717, 1.165) is 0 Å². The van der Waals surface area contributed by atoms with E-state index < -0.39 is 5.97 Å². The molecule has 0 saturated carbocycles. The van der Waals surface area contributed by atoms with Gasteiger partial charge in [0.15, 0.2) is 11.5 Å². The van der Waals surface area contributed by atoms with Gasteiger partial charge in [0.2, 0.25) is 0 Å². The van der Waals surface area contributed by atoms with E-state index >= 15 is 0 Å². The zero-order chi connectivity index (χ0) is 13.2. The molecule has 0 unspecified atom stereocenters. The predicted molar refractivity (Wildman–Crippen MR) is 63.8 cm³/mol. The fourth-order valence-corrected chi connectivity index (χ4v) is 1.70. The van der Waals surface area contributed by atoms with Crippen LogP contribution in [0.3, 0.4) is 0 Å². The van der Waals surface area contributed by atoms with Crippen LogP contribution in [0.25, 0.3) is 17.0 Å². The van der Waals surface area contributed by atoms with Gasteiger partial charge in [0.25, 0.3) is 0 Å². The summed E-state index contributed by atoms with van der Waals surface area (Å²) in [6.45, 7) is 0.